The number of nitrogens with one attached hydrogen (secondary N) is 1. The van der Waals surface area contributed by atoms with E-state index >= 15 is 0 Å². The number of benzene rings is 2. The molecule has 2 rings (SSSR count). The lowest BCUT2D eigenvalue weighted by atomic mass is 10.2. The van der Waals surface area contributed by atoms with Crippen molar-refractivity contribution in [1.82, 2.24) is 0 Å². The van der Waals surface area contributed by atoms with Crippen molar-refractivity contribution in [1.29, 1.82) is 0 Å². The molecule has 0 unspecified atom stereocenters. The second-order valence-electron chi connectivity index (χ2n) is 3.90. The van der Waals surface area contributed by atoms with Gasteiger partial charge in [-0.3, -0.25) is 10.1 Å². The number of rotatable bonds is 4. The summed E-state index contributed by atoms with van der Waals surface area (Å²) in [5.41, 5.74) is 1.90. The van der Waals surface area contributed by atoms with Crippen LogP contribution in [0, 0.1) is 10.1 Å². The third-order valence-corrected chi connectivity index (χ3v) is 3.72. The predicted octanol–water partition coefficient (Wildman–Crippen LogP) is 4.73. The highest BCUT2D eigenvalue weighted by Crippen LogP contribution is 2.26. The first kappa shape index (κ1) is 14.0. The van der Waals surface area contributed by atoms with Gasteiger partial charge in [0.05, 0.1) is 4.92 Å². The summed E-state index contributed by atoms with van der Waals surface area (Å²) in [6, 6.07) is 12.4. The van der Waals surface area contributed by atoms with Gasteiger partial charge in [0.2, 0.25) is 0 Å². The van der Waals surface area contributed by atoms with E-state index in [1.165, 1.54) is 6.07 Å². The molecule has 0 radical (unpaired) electrons. The smallest absolute Gasteiger partial charge is 0.269 e. The molecule has 4 nitrogen and oxygen atoms in total. The van der Waals surface area contributed by atoms with E-state index in [1.807, 2.05) is 24.3 Å². The molecule has 0 saturated heterocycles. The summed E-state index contributed by atoms with van der Waals surface area (Å²) in [4.78, 5) is 10.3. The SMILES string of the molecule is O=[N+]([O-])c1cccc(CNc2cc(Br)ccc2Br)c1. The third kappa shape index (κ3) is 3.78. The van der Waals surface area contributed by atoms with Gasteiger partial charge in [0.25, 0.3) is 5.69 Å². The molecule has 2 aromatic carbocycles. The van der Waals surface area contributed by atoms with Crippen LogP contribution >= 0.6 is 31.9 Å². The fraction of sp³-hybridized carbons (Fsp3) is 0.0769. The summed E-state index contributed by atoms with van der Waals surface area (Å²) < 4.78 is 1.92. The number of anilines is 1. The number of hydrogen-bond acceptors (Lipinski definition) is 3. The summed E-state index contributed by atoms with van der Waals surface area (Å²) in [6.45, 7) is 0.525. The van der Waals surface area contributed by atoms with Crippen LogP contribution < -0.4 is 5.32 Å². The van der Waals surface area contributed by atoms with Gasteiger partial charge >= 0.3 is 0 Å². The molecule has 98 valence electrons. The first-order valence-electron chi connectivity index (χ1n) is 5.48. The van der Waals surface area contributed by atoms with Crippen LogP contribution in [0.15, 0.2) is 51.4 Å². The lowest BCUT2D eigenvalue weighted by Gasteiger charge is -2.09. The van der Waals surface area contributed by atoms with Crippen LogP contribution in [0.3, 0.4) is 0 Å². The molecule has 0 atom stereocenters. The molecule has 0 aliphatic carbocycles. The molecule has 0 aromatic heterocycles. The topological polar surface area (TPSA) is 55.2 Å². The molecule has 0 heterocycles. The molecule has 0 fully saturated rings. The van der Waals surface area contributed by atoms with Gasteiger partial charge in [0.1, 0.15) is 0 Å². The van der Waals surface area contributed by atoms with E-state index < -0.39 is 4.92 Å². The largest absolute Gasteiger partial charge is 0.380 e. The Morgan fingerprint density at radius 1 is 1.16 bits per heavy atom. The van der Waals surface area contributed by atoms with Crippen LogP contribution in [-0.4, -0.2) is 4.92 Å². The van der Waals surface area contributed by atoms with Crippen molar-refractivity contribution in [2.75, 3.05) is 5.32 Å². The van der Waals surface area contributed by atoms with Crippen molar-refractivity contribution in [3.05, 3.63) is 67.1 Å². The second-order valence-corrected chi connectivity index (χ2v) is 5.67. The van der Waals surface area contributed by atoms with E-state index in [2.05, 4.69) is 37.2 Å². The molecule has 1 N–H and O–H groups in total. The maximum absolute atomic E-state index is 10.7. The van der Waals surface area contributed by atoms with Gasteiger partial charge in [-0.05, 0) is 39.7 Å². The first-order chi connectivity index (χ1) is 9.06. The number of nitro groups is 1. The zero-order valence-corrected chi connectivity index (χ0v) is 12.9. The minimum Gasteiger partial charge on any atom is -0.380 e. The highest BCUT2D eigenvalue weighted by Gasteiger charge is 2.06. The van der Waals surface area contributed by atoms with Crippen LogP contribution in [-0.2, 0) is 6.54 Å². The van der Waals surface area contributed by atoms with Crippen LogP contribution in [0.1, 0.15) is 5.56 Å². The molecule has 0 amide bonds. The summed E-state index contributed by atoms with van der Waals surface area (Å²) in [7, 11) is 0. The fourth-order valence-corrected chi connectivity index (χ4v) is 2.36. The highest BCUT2D eigenvalue weighted by atomic mass is 79.9. The lowest BCUT2D eigenvalue weighted by molar-refractivity contribution is -0.384. The Balaban J connectivity index is 2.12. The Bertz CT molecular complexity index is 617. The minimum absolute atomic E-state index is 0.104. The monoisotopic (exact) mass is 384 g/mol. The van der Waals surface area contributed by atoms with Crippen molar-refractivity contribution < 1.29 is 4.92 Å². The normalized spacial score (nSPS) is 10.2. The van der Waals surface area contributed by atoms with Gasteiger partial charge < -0.3 is 5.32 Å². The molecule has 0 aliphatic heterocycles. The van der Waals surface area contributed by atoms with E-state index in [9.17, 15) is 10.1 Å². The number of nitrogens with zero attached hydrogens (tertiary/aromatic N) is 1. The molecule has 2 aromatic rings. The van der Waals surface area contributed by atoms with E-state index in [1.54, 1.807) is 12.1 Å². The summed E-state index contributed by atoms with van der Waals surface area (Å²) >= 11 is 6.85. The van der Waals surface area contributed by atoms with Crippen LogP contribution in [0.2, 0.25) is 0 Å². The summed E-state index contributed by atoms with van der Waals surface area (Å²) in [5.74, 6) is 0. The fourth-order valence-electron chi connectivity index (χ4n) is 1.61. The average molecular weight is 386 g/mol. The van der Waals surface area contributed by atoms with Gasteiger partial charge in [-0.15, -0.1) is 0 Å². The Labute approximate surface area is 127 Å². The summed E-state index contributed by atoms with van der Waals surface area (Å²) in [5, 5.41) is 13.9. The highest BCUT2D eigenvalue weighted by molar-refractivity contribution is 9.11. The van der Waals surface area contributed by atoms with E-state index in [-0.39, 0.29) is 5.69 Å². The predicted molar refractivity (Wildman–Crippen MR) is 82.3 cm³/mol. The molecule has 6 heteroatoms. The standard InChI is InChI=1S/C13H10Br2N2O2/c14-10-4-5-12(15)13(7-10)16-8-9-2-1-3-11(6-9)17(18)19/h1-7,16H,8H2. The average Bonchev–Trinajstić information content (AvgIpc) is 2.40. The Morgan fingerprint density at radius 3 is 2.68 bits per heavy atom. The van der Waals surface area contributed by atoms with Crippen molar-refractivity contribution in [2.24, 2.45) is 0 Å². The number of non-ortho nitro benzene ring substituents is 1. The molecule has 0 spiro atoms. The quantitative estimate of drug-likeness (QED) is 0.611. The van der Waals surface area contributed by atoms with Gasteiger partial charge in [-0.1, -0.05) is 28.1 Å². The molecule has 0 bridgehead atoms. The Hall–Kier alpha value is -1.40. The van der Waals surface area contributed by atoms with Gasteiger partial charge in [0.15, 0.2) is 0 Å². The first-order valence-corrected chi connectivity index (χ1v) is 7.07. The van der Waals surface area contributed by atoms with Crippen molar-refractivity contribution in [2.45, 2.75) is 6.54 Å². The Morgan fingerprint density at radius 2 is 1.95 bits per heavy atom. The number of hydrogen-bond donors (Lipinski definition) is 1. The number of halogens is 2. The van der Waals surface area contributed by atoms with Crippen LogP contribution in [0.25, 0.3) is 0 Å². The van der Waals surface area contributed by atoms with E-state index in [0.717, 1.165) is 20.2 Å². The minimum atomic E-state index is -0.390. The third-order valence-electron chi connectivity index (χ3n) is 2.53. The maximum atomic E-state index is 10.7. The maximum Gasteiger partial charge on any atom is 0.269 e. The molecular weight excluding hydrogens is 376 g/mol. The van der Waals surface area contributed by atoms with Gasteiger partial charge in [-0.2, -0.15) is 0 Å². The van der Waals surface area contributed by atoms with Crippen LogP contribution in [0.5, 0.6) is 0 Å². The van der Waals surface area contributed by atoms with Crippen molar-refractivity contribution in [3.63, 3.8) is 0 Å². The molecule has 0 aliphatic rings. The second kappa shape index (κ2) is 6.16. The van der Waals surface area contributed by atoms with Crippen molar-refractivity contribution >= 4 is 43.2 Å². The van der Waals surface area contributed by atoms with Gasteiger partial charge in [-0.25, -0.2) is 0 Å². The lowest BCUT2D eigenvalue weighted by Crippen LogP contribution is -2.00. The molecule has 19 heavy (non-hydrogen) atoms. The zero-order chi connectivity index (χ0) is 13.8. The van der Waals surface area contributed by atoms with E-state index in [0.29, 0.717) is 6.54 Å². The number of nitro benzene ring substituents is 1. The van der Waals surface area contributed by atoms with E-state index in [4.69, 9.17) is 0 Å². The molecule has 0 saturated carbocycles. The van der Waals surface area contributed by atoms with Gasteiger partial charge in [0, 0.05) is 33.3 Å². The molecular formula is C13H10Br2N2O2. The zero-order valence-electron chi connectivity index (χ0n) is 9.77. The van der Waals surface area contributed by atoms with Crippen LogP contribution in [0.4, 0.5) is 11.4 Å². The van der Waals surface area contributed by atoms with Crippen molar-refractivity contribution in [3.8, 4) is 0 Å². The summed E-state index contributed by atoms with van der Waals surface area (Å²) in [6.07, 6.45) is 0. The Kier molecular flexibility index (Phi) is 4.55.